The first-order valence-corrected chi connectivity index (χ1v) is 5.98. The molecule has 1 amide bonds. The lowest BCUT2D eigenvalue weighted by Crippen LogP contribution is -2.04. The van der Waals surface area contributed by atoms with E-state index in [1.54, 1.807) is 12.1 Å². The van der Waals surface area contributed by atoms with E-state index in [4.69, 9.17) is 14.9 Å². The van der Waals surface area contributed by atoms with Crippen LogP contribution in [0.4, 0.5) is 5.69 Å². The number of nitro groups is 1. The Bertz CT molecular complexity index is 673. The van der Waals surface area contributed by atoms with Crippen molar-refractivity contribution in [3.63, 3.8) is 0 Å². The van der Waals surface area contributed by atoms with Gasteiger partial charge in [0.1, 0.15) is 23.9 Å². The molecule has 0 atom stereocenters. The Morgan fingerprint density at radius 2 is 2.00 bits per heavy atom. The number of carbonyl (C=O) groups is 1. The molecular weight excluding hydrogens is 276 g/mol. The zero-order valence-electron chi connectivity index (χ0n) is 10.9. The molecule has 2 aromatic rings. The van der Waals surface area contributed by atoms with Gasteiger partial charge in [-0.1, -0.05) is 0 Å². The number of nitrogens with zero attached hydrogens (tertiary/aromatic N) is 1. The third-order valence-corrected chi connectivity index (χ3v) is 2.52. The number of carbonyl (C=O) groups excluding carboxylic acids is 1. The van der Waals surface area contributed by atoms with Gasteiger partial charge in [0.15, 0.2) is 0 Å². The summed E-state index contributed by atoms with van der Waals surface area (Å²) in [6.07, 6.45) is 2.65. The largest absolute Gasteiger partial charge is 0.486 e. The number of amides is 1. The first-order chi connectivity index (χ1) is 10.0. The van der Waals surface area contributed by atoms with Crippen LogP contribution in [0.5, 0.6) is 5.75 Å². The van der Waals surface area contributed by atoms with Crippen LogP contribution in [0.3, 0.4) is 0 Å². The average molecular weight is 288 g/mol. The molecule has 7 heteroatoms. The van der Waals surface area contributed by atoms with Gasteiger partial charge in [0, 0.05) is 18.2 Å². The summed E-state index contributed by atoms with van der Waals surface area (Å²) < 4.78 is 10.8. The van der Waals surface area contributed by atoms with Crippen LogP contribution in [0.25, 0.3) is 6.08 Å². The van der Waals surface area contributed by atoms with Crippen LogP contribution in [0.15, 0.2) is 46.9 Å². The van der Waals surface area contributed by atoms with E-state index in [1.165, 1.54) is 36.4 Å². The number of ether oxygens (including phenoxy) is 1. The second-order valence-corrected chi connectivity index (χ2v) is 4.08. The predicted octanol–water partition coefficient (Wildman–Crippen LogP) is 2.27. The van der Waals surface area contributed by atoms with Crippen molar-refractivity contribution in [3.8, 4) is 5.75 Å². The highest BCUT2D eigenvalue weighted by atomic mass is 16.6. The number of benzene rings is 1. The summed E-state index contributed by atoms with van der Waals surface area (Å²) >= 11 is 0. The van der Waals surface area contributed by atoms with Crippen molar-refractivity contribution in [2.45, 2.75) is 6.61 Å². The van der Waals surface area contributed by atoms with Gasteiger partial charge >= 0.3 is 0 Å². The molecule has 2 rings (SSSR count). The van der Waals surface area contributed by atoms with Crippen LogP contribution >= 0.6 is 0 Å². The molecule has 7 nitrogen and oxygen atoms in total. The fourth-order valence-corrected chi connectivity index (χ4v) is 1.54. The van der Waals surface area contributed by atoms with Crippen molar-refractivity contribution in [1.29, 1.82) is 0 Å². The number of nitrogens with two attached hydrogens (primary N) is 1. The Morgan fingerprint density at radius 3 is 2.62 bits per heavy atom. The highest BCUT2D eigenvalue weighted by Crippen LogP contribution is 2.19. The summed E-state index contributed by atoms with van der Waals surface area (Å²) in [5.74, 6) is 0.967. The van der Waals surface area contributed by atoms with Crippen LogP contribution < -0.4 is 10.5 Å². The van der Waals surface area contributed by atoms with Crippen LogP contribution in [-0.2, 0) is 11.4 Å². The average Bonchev–Trinajstić information content (AvgIpc) is 2.91. The van der Waals surface area contributed by atoms with Gasteiger partial charge in [-0.25, -0.2) is 0 Å². The van der Waals surface area contributed by atoms with Gasteiger partial charge in [0.25, 0.3) is 5.69 Å². The lowest BCUT2D eigenvalue weighted by molar-refractivity contribution is -0.384. The molecule has 0 spiro atoms. The molecule has 1 aromatic heterocycles. The molecule has 0 radical (unpaired) electrons. The van der Waals surface area contributed by atoms with Crippen molar-refractivity contribution >= 4 is 17.7 Å². The number of hydrogen-bond donors (Lipinski definition) is 1. The van der Waals surface area contributed by atoms with Gasteiger partial charge in [-0.15, -0.1) is 0 Å². The van der Waals surface area contributed by atoms with E-state index >= 15 is 0 Å². The van der Waals surface area contributed by atoms with Crippen molar-refractivity contribution in [2.75, 3.05) is 0 Å². The molecule has 21 heavy (non-hydrogen) atoms. The standard InChI is InChI=1S/C14H12N2O5/c15-14(17)8-7-12-5-6-13(21-12)9-20-11-3-1-10(2-4-11)16(18)19/h1-8H,9H2,(H2,15,17)/b8-7+. The predicted molar refractivity (Wildman–Crippen MR) is 74.4 cm³/mol. The molecule has 0 unspecified atom stereocenters. The van der Waals surface area contributed by atoms with Crippen LogP contribution in [0.1, 0.15) is 11.5 Å². The minimum Gasteiger partial charge on any atom is -0.486 e. The number of hydrogen-bond acceptors (Lipinski definition) is 5. The number of primary amides is 1. The summed E-state index contributed by atoms with van der Waals surface area (Å²) in [5, 5.41) is 10.5. The molecule has 0 fully saturated rings. The van der Waals surface area contributed by atoms with Crippen LogP contribution in [0, 0.1) is 10.1 Å². The monoisotopic (exact) mass is 288 g/mol. The summed E-state index contributed by atoms with van der Waals surface area (Å²) in [6.45, 7) is 0.169. The summed E-state index contributed by atoms with van der Waals surface area (Å²) in [4.78, 5) is 20.6. The Labute approximate surface area is 119 Å². The van der Waals surface area contributed by atoms with Crippen molar-refractivity contribution in [2.24, 2.45) is 5.73 Å². The maximum absolute atomic E-state index is 10.6. The number of non-ortho nitro benzene ring substituents is 1. The molecule has 0 aliphatic rings. The minimum absolute atomic E-state index is 0.000719. The van der Waals surface area contributed by atoms with Crippen molar-refractivity contribution in [1.82, 2.24) is 0 Å². The summed E-state index contributed by atoms with van der Waals surface area (Å²) in [5.41, 5.74) is 4.97. The highest BCUT2D eigenvalue weighted by molar-refractivity contribution is 5.89. The third-order valence-electron chi connectivity index (χ3n) is 2.52. The fourth-order valence-electron chi connectivity index (χ4n) is 1.54. The van der Waals surface area contributed by atoms with Gasteiger partial charge in [-0.05, 0) is 30.3 Å². The molecule has 0 saturated carbocycles. The third kappa shape index (κ3) is 4.20. The number of rotatable bonds is 6. The normalized spacial score (nSPS) is 10.7. The van der Waals surface area contributed by atoms with Crippen molar-refractivity contribution < 1.29 is 18.9 Å². The molecule has 0 aliphatic heterocycles. The maximum Gasteiger partial charge on any atom is 0.269 e. The highest BCUT2D eigenvalue weighted by Gasteiger charge is 2.05. The topological polar surface area (TPSA) is 109 Å². The molecule has 0 bridgehead atoms. The molecule has 0 aliphatic carbocycles. The molecule has 1 aromatic carbocycles. The smallest absolute Gasteiger partial charge is 0.269 e. The van der Waals surface area contributed by atoms with E-state index in [1.807, 2.05) is 0 Å². The number of nitro benzene ring substituents is 1. The second-order valence-electron chi connectivity index (χ2n) is 4.08. The Hall–Kier alpha value is -3.09. The SMILES string of the molecule is NC(=O)/C=C/c1ccc(COc2ccc([N+](=O)[O-])cc2)o1. The zero-order valence-corrected chi connectivity index (χ0v) is 10.9. The first kappa shape index (κ1) is 14.3. The van der Waals surface area contributed by atoms with Gasteiger partial charge in [-0.3, -0.25) is 14.9 Å². The molecule has 2 N–H and O–H groups in total. The quantitative estimate of drug-likeness (QED) is 0.498. The minimum atomic E-state index is -0.560. The van der Waals surface area contributed by atoms with Gasteiger partial charge in [-0.2, -0.15) is 0 Å². The van der Waals surface area contributed by atoms with Crippen molar-refractivity contribution in [3.05, 3.63) is 64.1 Å². The summed E-state index contributed by atoms with van der Waals surface area (Å²) in [6, 6.07) is 9.11. The lowest BCUT2D eigenvalue weighted by Gasteiger charge is -2.03. The first-order valence-electron chi connectivity index (χ1n) is 5.98. The lowest BCUT2D eigenvalue weighted by atomic mass is 10.3. The summed E-state index contributed by atoms with van der Waals surface area (Å²) in [7, 11) is 0. The fraction of sp³-hybridized carbons (Fsp3) is 0.0714. The van der Waals surface area contributed by atoms with E-state index in [0.717, 1.165) is 0 Å². The van der Waals surface area contributed by atoms with E-state index in [-0.39, 0.29) is 12.3 Å². The zero-order chi connectivity index (χ0) is 15.2. The van der Waals surface area contributed by atoms with E-state index in [2.05, 4.69) is 0 Å². The molecule has 0 saturated heterocycles. The Kier molecular flexibility index (Phi) is 4.35. The van der Waals surface area contributed by atoms with Gasteiger partial charge in [0.2, 0.25) is 5.91 Å². The molecule has 1 heterocycles. The van der Waals surface area contributed by atoms with E-state index in [0.29, 0.717) is 17.3 Å². The second kappa shape index (κ2) is 6.38. The molecule has 108 valence electrons. The maximum atomic E-state index is 10.6. The number of furan rings is 1. The van der Waals surface area contributed by atoms with Crippen LogP contribution in [0.2, 0.25) is 0 Å². The molecular formula is C14H12N2O5. The van der Waals surface area contributed by atoms with Gasteiger partial charge in [0.05, 0.1) is 4.92 Å². The van der Waals surface area contributed by atoms with Gasteiger partial charge < -0.3 is 14.9 Å². The van der Waals surface area contributed by atoms with E-state index in [9.17, 15) is 14.9 Å². The van der Waals surface area contributed by atoms with E-state index < -0.39 is 10.8 Å². The van der Waals surface area contributed by atoms with Crippen LogP contribution in [-0.4, -0.2) is 10.8 Å². The Balaban J connectivity index is 1.93. The Morgan fingerprint density at radius 1 is 1.29 bits per heavy atom.